The van der Waals surface area contributed by atoms with E-state index in [0.717, 1.165) is 37.0 Å². The maximum Gasteiger partial charge on any atom is 0.251 e. The van der Waals surface area contributed by atoms with E-state index in [4.69, 9.17) is 4.42 Å². The molecule has 3 aromatic rings. The molecule has 0 saturated heterocycles. The molecule has 5 rings (SSSR count). The second-order valence-corrected chi connectivity index (χ2v) is 9.51. The lowest BCUT2D eigenvalue weighted by atomic mass is 10.1. The number of rotatable bonds is 11. The summed E-state index contributed by atoms with van der Waals surface area (Å²) in [5.41, 5.74) is 2.17. The SMILES string of the molecule is O=C(NC1CC1)c1ccc(CN(CC(=O)N(Cc2ccccc2F)C2CC2)Cc2ccco2)cc1. The minimum absolute atomic E-state index is 0.0252. The minimum atomic E-state index is -0.288. The van der Waals surface area contributed by atoms with Crippen LogP contribution in [0.5, 0.6) is 0 Å². The molecule has 0 aliphatic heterocycles. The number of nitrogens with zero attached hydrogens (tertiary/aromatic N) is 2. The van der Waals surface area contributed by atoms with Crippen molar-refractivity contribution in [3.05, 3.63) is 95.2 Å². The first-order valence-electron chi connectivity index (χ1n) is 12.2. The molecule has 2 aliphatic carbocycles. The number of furan rings is 1. The average molecular weight is 476 g/mol. The van der Waals surface area contributed by atoms with E-state index in [0.29, 0.717) is 30.3 Å². The Kier molecular flexibility index (Phi) is 6.95. The summed E-state index contributed by atoms with van der Waals surface area (Å²) in [6, 6.07) is 18.3. The van der Waals surface area contributed by atoms with Crippen LogP contribution in [0.3, 0.4) is 0 Å². The number of carbonyl (C=O) groups is 2. The van der Waals surface area contributed by atoms with Gasteiger partial charge in [-0.25, -0.2) is 4.39 Å². The second kappa shape index (κ2) is 10.4. The first kappa shape index (κ1) is 23.3. The Morgan fingerprint density at radius 1 is 0.914 bits per heavy atom. The first-order chi connectivity index (χ1) is 17.0. The summed E-state index contributed by atoms with van der Waals surface area (Å²) in [6.45, 7) is 1.46. The van der Waals surface area contributed by atoms with Crippen molar-refractivity contribution in [2.45, 2.75) is 57.4 Å². The summed E-state index contributed by atoms with van der Waals surface area (Å²) < 4.78 is 19.8. The molecule has 182 valence electrons. The Hall–Kier alpha value is -3.45. The second-order valence-electron chi connectivity index (χ2n) is 9.51. The molecule has 0 unspecified atom stereocenters. The van der Waals surface area contributed by atoms with Gasteiger partial charge in [0.2, 0.25) is 5.91 Å². The molecule has 7 heteroatoms. The third-order valence-electron chi connectivity index (χ3n) is 6.46. The van der Waals surface area contributed by atoms with Crippen LogP contribution in [-0.2, 0) is 24.4 Å². The van der Waals surface area contributed by atoms with E-state index in [1.165, 1.54) is 6.07 Å². The van der Waals surface area contributed by atoms with E-state index in [9.17, 15) is 14.0 Å². The third kappa shape index (κ3) is 6.36. The van der Waals surface area contributed by atoms with Gasteiger partial charge in [0.05, 0.1) is 19.4 Å². The summed E-state index contributed by atoms with van der Waals surface area (Å²) in [5, 5.41) is 3.00. The van der Waals surface area contributed by atoms with Crippen LogP contribution in [0.2, 0.25) is 0 Å². The Balaban J connectivity index is 1.27. The molecule has 6 nitrogen and oxygen atoms in total. The Morgan fingerprint density at radius 2 is 1.69 bits per heavy atom. The Morgan fingerprint density at radius 3 is 2.34 bits per heavy atom. The molecule has 2 aliphatic rings. The van der Waals surface area contributed by atoms with Crippen molar-refractivity contribution in [1.82, 2.24) is 15.1 Å². The number of hydrogen-bond donors (Lipinski definition) is 1. The van der Waals surface area contributed by atoms with Gasteiger partial charge in [0.25, 0.3) is 5.91 Å². The summed E-state index contributed by atoms with van der Waals surface area (Å²) in [5.74, 6) is 0.409. The standard InChI is InChI=1S/C28H30FN3O3/c29-26-6-2-1-4-22(26)17-32(24-13-14-24)27(33)19-31(18-25-5-3-15-35-25)16-20-7-9-21(10-8-20)28(34)30-23-11-12-23/h1-10,15,23-24H,11-14,16-19H2,(H,30,34). The summed E-state index contributed by atoms with van der Waals surface area (Å²) in [7, 11) is 0. The van der Waals surface area contributed by atoms with E-state index in [1.807, 2.05) is 41.3 Å². The molecule has 35 heavy (non-hydrogen) atoms. The molecule has 1 aromatic heterocycles. The van der Waals surface area contributed by atoms with Crippen LogP contribution < -0.4 is 5.32 Å². The highest BCUT2D eigenvalue weighted by Gasteiger charge is 2.33. The van der Waals surface area contributed by atoms with Gasteiger partial charge in [0.1, 0.15) is 11.6 Å². The average Bonchev–Trinajstić information content (AvgIpc) is 3.79. The number of halogens is 1. The van der Waals surface area contributed by atoms with Crippen molar-refractivity contribution in [2.75, 3.05) is 6.54 Å². The van der Waals surface area contributed by atoms with Crippen molar-refractivity contribution in [2.24, 2.45) is 0 Å². The Labute approximate surface area is 204 Å². The van der Waals surface area contributed by atoms with Crippen LogP contribution in [-0.4, -0.2) is 40.2 Å². The number of carbonyl (C=O) groups excluding carboxylic acids is 2. The number of hydrogen-bond acceptors (Lipinski definition) is 4. The molecule has 2 saturated carbocycles. The van der Waals surface area contributed by atoms with Gasteiger partial charge < -0.3 is 14.6 Å². The van der Waals surface area contributed by atoms with Gasteiger partial charge in [-0.15, -0.1) is 0 Å². The van der Waals surface area contributed by atoms with Crippen molar-refractivity contribution >= 4 is 11.8 Å². The van der Waals surface area contributed by atoms with Crippen molar-refractivity contribution < 1.29 is 18.4 Å². The molecule has 2 amide bonds. The highest BCUT2D eigenvalue weighted by atomic mass is 19.1. The summed E-state index contributed by atoms with van der Waals surface area (Å²) in [6.07, 6.45) is 5.62. The quantitative estimate of drug-likeness (QED) is 0.443. The van der Waals surface area contributed by atoms with E-state index in [-0.39, 0.29) is 36.8 Å². The van der Waals surface area contributed by atoms with Crippen molar-refractivity contribution in [3.63, 3.8) is 0 Å². The van der Waals surface area contributed by atoms with E-state index in [2.05, 4.69) is 5.32 Å². The molecule has 1 N–H and O–H groups in total. The summed E-state index contributed by atoms with van der Waals surface area (Å²) in [4.78, 5) is 29.5. The maximum absolute atomic E-state index is 14.3. The van der Waals surface area contributed by atoms with Crippen LogP contribution in [0.1, 0.15) is 52.9 Å². The zero-order valence-electron chi connectivity index (χ0n) is 19.7. The number of amides is 2. The molecule has 0 bridgehead atoms. The first-order valence-corrected chi connectivity index (χ1v) is 12.2. The zero-order chi connectivity index (χ0) is 24.2. The van der Waals surface area contributed by atoms with Gasteiger partial charge in [0, 0.05) is 36.3 Å². The van der Waals surface area contributed by atoms with Gasteiger partial charge in [-0.05, 0) is 61.6 Å². The topological polar surface area (TPSA) is 65.8 Å². The lowest BCUT2D eigenvalue weighted by Gasteiger charge is -2.27. The van der Waals surface area contributed by atoms with Gasteiger partial charge in [-0.1, -0.05) is 30.3 Å². The highest BCUT2D eigenvalue weighted by Crippen LogP contribution is 2.29. The van der Waals surface area contributed by atoms with Crippen LogP contribution in [0.15, 0.2) is 71.3 Å². The van der Waals surface area contributed by atoms with E-state index < -0.39 is 0 Å². The minimum Gasteiger partial charge on any atom is -0.468 e. The van der Waals surface area contributed by atoms with Crippen molar-refractivity contribution in [1.29, 1.82) is 0 Å². The zero-order valence-corrected chi connectivity index (χ0v) is 19.7. The molecule has 2 aromatic carbocycles. The highest BCUT2D eigenvalue weighted by molar-refractivity contribution is 5.94. The normalized spacial score (nSPS) is 15.3. The molecule has 0 spiro atoms. The van der Waals surface area contributed by atoms with Crippen molar-refractivity contribution in [3.8, 4) is 0 Å². The largest absolute Gasteiger partial charge is 0.468 e. The van der Waals surface area contributed by atoms with Crippen LogP contribution in [0.25, 0.3) is 0 Å². The fourth-order valence-electron chi connectivity index (χ4n) is 4.21. The smallest absolute Gasteiger partial charge is 0.251 e. The van der Waals surface area contributed by atoms with Gasteiger partial charge >= 0.3 is 0 Å². The Bertz CT molecular complexity index is 1150. The molecule has 2 fully saturated rings. The van der Waals surface area contributed by atoms with E-state index >= 15 is 0 Å². The van der Waals surface area contributed by atoms with Gasteiger partial charge in [0.15, 0.2) is 0 Å². The molecule has 0 atom stereocenters. The third-order valence-corrected chi connectivity index (χ3v) is 6.46. The lowest BCUT2D eigenvalue weighted by Crippen LogP contribution is -2.41. The fraction of sp³-hybridized carbons (Fsp3) is 0.357. The fourth-order valence-corrected chi connectivity index (χ4v) is 4.21. The molecule has 0 radical (unpaired) electrons. The van der Waals surface area contributed by atoms with Gasteiger partial charge in [-0.3, -0.25) is 14.5 Å². The monoisotopic (exact) mass is 475 g/mol. The van der Waals surface area contributed by atoms with Gasteiger partial charge in [-0.2, -0.15) is 0 Å². The predicted molar refractivity (Wildman–Crippen MR) is 130 cm³/mol. The van der Waals surface area contributed by atoms with Crippen LogP contribution in [0, 0.1) is 5.82 Å². The maximum atomic E-state index is 14.3. The predicted octanol–water partition coefficient (Wildman–Crippen LogP) is 4.50. The number of benzene rings is 2. The van der Waals surface area contributed by atoms with Crippen LogP contribution >= 0.6 is 0 Å². The molecular weight excluding hydrogens is 445 g/mol. The summed E-state index contributed by atoms with van der Waals surface area (Å²) >= 11 is 0. The molecule has 1 heterocycles. The van der Waals surface area contributed by atoms with E-state index in [1.54, 1.807) is 29.4 Å². The number of nitrogens with one attached hydrogen (secondary N) is 1. The molecular formula is C28H30FN3O3. The lowest BCUT2D eigenvalue weighted by molar-refractivity contribution is -0.134. The van der Waals surface area contributed by atoms with Crippen LogP contribution in [0.4, 0.5) is 4.39 Å².